The molecule has 0 aliphatic heterocycles. The van der Waals surface area contributed by atoms with E-state index in [-0.39, 0.29) is 24.3 Å². The molecule has 0 bridgehead atoms. The second-order valence-electron chi connectivity index (χ2n) is 9.68. The largest absolute Gasteiger partial charge is 0.493 e. The number of allylic oxidation sites excluding steroid dienone is 1. The average Bonchev–Trinajstić information content (AvgIpc) is 2.99. The number of nitrogens with zero attached hydrogens (tertiary/aromatic N) is 2. The number of hydrogen-bond donors (Lipinski definition) is 1. The van der Waals surface area contributed by atoms with E-state index in [9.17, 15) is 8.78 Å². The Bertz CT molecular complexity index is 1330. The molecule has 0 spiro atoms. The van der Waals surface area contributed by atoms with Gasteiger partial charge in [0.2, 0.25) is 0 Å². The smallest absolute Gasteiger partial charge is 0.282 e. The van der Waals surface area contributed by atoms with Crippen LogP contribution >= 0.6 is 11.6 Å². The summed E-state index contributed by atoms with van der Waals surface area (Å²) in [5.74, 6) is -0.337. The summed E-state index contributed by atoms with van der Waals surface area (Å²) in [6.45, 7) is 11.7. The first-order valence-electron chi connectivity index (χ1n) is 14.6. The second-order valence-corrected chi connectivity index (χ2v) is 10.1. The second kappa shape index (κ2) is 18.7. The van der Waals surface area contributed by atoms with Gasteiger partial charge >= 0.3 is 0 Å². The molecule has 0 atom stereocenters. The molecule has 0 saturated heterocycles. The molecule has 0 heterocycles. The maximum Gasteiger partial charge on any atom is 0.282 e. The van der Waals surface area contributed by atoms with Crippen molar-refractivity contribution in [3.63, 3.8) is 0 Å². The number of methoxy groups -OCH3 is 1. The van der Waals surface area contributed by atoms with Crippen LogP contribution in [0.15, 0.2) is 71.7 Å². The predicted octanol–water partition coefficient (Wildman–Crippen LogP) is 8.61. The molecule has 43 heavy (non-hydrogen) atoms. The minimum atomic E-state index is -0.659. The molecule has 6 nitrogen and oxygen atoms in total. The topological polar surface area (TPSA) is 69.3 Å². The minimum Gasteiger partial charge on any atom is -0.493 e. The van der Waals surface area contributed by atoms with Crippen molar-refractivity contribution < 1.29 is 23.0 Å². The van der Waals surface area contributed by atoms with Crippen LogP contribution in [-0.2, 0) is 17.9 Å². The standard InChI is InChI=1S/C32H38ClF2N3O3.C2H6/c1-5-7-29(24-11-15-30(31(18-24)39-4)40-21-25-10-14-27(34)19-28(25)35)38(20-23-8-12-26(33)13-9-23)17-6-16-37-32(36)41-22(2)3;1-2/h7-15,18-19,22H,5-6,16-17,20-21H2,1-4H3,(H2,36,37);1-2H3. The summed E-state index contributed by atoms with van der Waals surface area (Å²) in [5, 5.41) is 0.681. The highest BCUT2D eigenvalue weighted by molar-refractivity contribution is 6.30. The Labute approximate surface area is 260 Å². The van der Waals surface area contributed by atoms with Gasteiger partial charge in [0.1, 0.15) is 18.2 Å². The zero-order valence-corrected chi connectivity index (χ0v) is 26.8. The van der Waals surface area contributed by atoms with E-state index in [1.165, 1.54) is 12.1 Å². The fourth-order valence-electron chi connectivity index (χ4n) is 4.19. The van der Waals surface area contributed by atoms with Crippen LogP contribution in [0.25, 0.3) is 5.70 Å². The van der Waals surface area contributed by atoms with Crippen molar-refractivity contribution in [2.75, 3.05) is 20.2 Å². The number of benzene rings is 3. The summed E-state index contributed by atoms with van der Waals surface area (Å²) < 4.78 is 44.3. The quantitative estimate of drug-likeness (QED) is 0.112. The van der Waals surface area contributed by atoms with Crippen molar-refractivity contribution in [2.24, 2.45) is 10.7 Å². The monoisotopic (exact) mass is 615 g/mol. The third-order valence-electron chi connectivity index (χ3n) is 6.09. The van der Waals surface area contributed by atoms with Crippen molar-refractivity contribution in [1.29, 1.82) is 0 Å². The molecule has 0 radical (unpaired) electrons. The van der Waals surface area contributed by atoms with Gasteiger partial charge in [-0.2, -0.15) is 0 Å². The molecule has 3 aromatic rings. The first-order chi connectivity index (χ1) is 20.7. The maximum atomic E-state index is 14.1. The SMILES string of the molecule is CC.CCC=C(c1ccc(OCc2ccc(F)cc2F)c(OC)c1)N(CCCN=C(N)OC(C)C)Cc1ccc(Cl)cc1. The molecule has 3 aromatic carbocycles. The normalized spacial score (nSPS) is 11.6. The van der Waals surface area contributed by atoms with Gasteiger partial charge in [0, 0.05) is 47.5 Å². The van der Waals surface area contributed by atoms with Gasteiger partial charge in [0.15, 0.2) is 11.5 Å². The van der Waals surface area contributed by atoms with Gasteiger partial charge in [0.25, 0.3) is 6.02 Å². The van der Waals surface area contributed by atoms with Crippen LogP contribution in [0.4, 0.5) is 8.78 Å². The highest BCUT2D eigenvalue weighted by atomic mass is 35.5. The molecule has 0 aliphatic carbocycles. The number of hydrogen-bond acceptors (Lipinski definition) is 5. The molecule has 9 heteroatoms. The summed E-state index contributed by atoms with van der Waals surface area (Å²) in [6.07, 6.45) is 3.69. The first kappa shape index (κ1) is 35.4. The van der Waals surface area contributed by atoms with Crippen molar-refractivity contribution in [3.8, 4) is 11.5 Å². The zero-order valence-electron chi connectivity index (χ0n) is 26.0. The molecule has 0 unspecified atom stereocenters. The molecular weight excluding hydrogens is 572 g/mol. The molecule has 234 valence electrons. The van der Waals surface area contributed by atoms with Crippen LogP contribution in [0.3, 0.4) is 0 Å². The Morgan fingerprint density at radius 2 is 1.74 bits per heavy atom. The lowest BCUT2D eigenvalue weighted by Crippen LogP contribution is -2.25. The fourth-order valence-corrected chi connectivity index (χ4v) is 4.31. The lowest BCUT2D eigenvalue weighted by molar-refractivity contribution is 0.223. The van der Waals surface area contributed by atoms with E-state index >= 15 is 0 Å². The molecule has 0 amide bonds. The Hall–Kier alpha value is -3.78. The van der Waals surface area contributed by atoms with E-state index in [0.717, 1.165) is 35.7 Å². The van der Waals surface area contributed by atoms with Gasteiger partial charge in [-0.1, -0.05) is 50.6 Å². The first-order valence-corrected chi connectivity index (χ1v) is 15.0. The third-order valence-corrected chi connectivity index (χ3v) is 6.34. The minimum absolute atomic E-state index is 0.0316. The third kappa shape index (κ3) is 11.8. The van der Waals surface area contributed by atoms with E-state index in [1.807, 2.05) is 64.1 Å². The van der Waals surface area contributed by atoms with Crippen molar-refractivity contribution in [1.82, 2.24) is 4.90 Å². The number of nitrogens with two attached hydrogens (primary N) is 1. The molecule has 2 N–H and O–H groups in total. The average molecular weight is 616 g/mol. The van der Waals surface area contributed by atoms with Gasteiger partial charge in [-0.25, -0.2) is 13.8 Å². The Balaban J connectivity index is 0.00000316. The van der Waals surface area contributed by atoms with E-state index in [0.29, 0.717) is 36.2 Å². The van der Waals surface area contributed by atoms with E-state index in [1.54, 1.807) is 13.2 Å². The van der Waals surface area contributed by atoms with Gasteiger partial charge in [-0.3, -0.25) is 0 Å². The van der Waals surface area contributed by atoms with E-state index in [2.05, 4.69) is 22.9 Å². The van der Waals surface area contributed by atoms with Crippen LogP contribution in [0.2, 0.25) is 5.02 Å². The molecule has 0 aromatic heterocycles. The Morgan fingerprint density at radius 3 is 2.37 bits per heavy atom. The molecular formula is C34H44ClF2N3O3. The van der Waals surface area contributed by atoms with Gasteiger partial charge in [0.05, 0.1) is 13.2 Å². The maximum absolute atomic E-state index is 14.1. The molecule has 0 fully saturated rings. The number of aliphatic imine (C=N–C) groups is 1. The van der Waals surface area contributed by atoms with E-state index in [4.69, 9.17) is 31.5 Å². The van der Waals surface area contributed by atoms with Crippen molar-refractivity contribution >= 4 is 23.3 Å². The van der Waals surface area contributed by atoms with Crippen molar-refractivity contribution in [3.05, 3.63) is 100 Å². The number of ether oxygens (including phenoxy) is 3. The lowest BCUT2D eigenvalue weighted by Gasteiger charge is -2.29. The van der Waals surface area contributed by atoms with Crippen molar-refractivity contribution in [2.45, 2.75) is 66.7 Å². The number of rotatable bonds is 14. The highest BCUT2D eigenvalue weighted by Gasteiger charge is 2.16. The lowest BCUT2D eigenvalue weighted by atomic mass is 10.1. The molecule has 0 saturated carbocycles. The summed E-state index contributed by atoms with van der Waals surface area (Å²) in [5.41, 5.74) is 9.19. The summed E-state index contributed by atoms with van der Waals surface area (Å²) in [4.78, 5) is 6.64. The Morgan fingerprint density at radius 1 is 1.02 bits per heavy atom. The molecule has 3 rings (SSSR count). The van der Waals surface area contributed by atoms with Gasteiger partial charge in [-0.15, -0.1) is 0 Å². The van der Waals surface area contributed by atoms with Crippen LogP contribution in [0.5, 0.6) is 11.5 Å². The molecule has 0 aliphatic rings. The Kier molecular flexibility index (Phi) is 15.4. The summed E-state index contributed by atoms with van der Waals surface area (Å²) >= 11 is 6.13. The van der Waals surface area contributed by atoms with Gasteiger partial charge < -0.3 is 24.8 Å². The van der Waals surface area contributed by atoms with Crippen LogP contribution in [0, 0.1) is 11.6 Å². The number of halogens is 3. The highest BCUT2D eigenvalue weighted by Crippen LogP contribution is 2.33. The summed E-state index contributed by atoms with van der Waals surface area (Å²) in [6, 6.07) is 17.0. The van der Waals surface area contributed by atoms with Crippen LogP contribution < -0.4 is 15.2 Å². The van der Waals surface area contributed by atoms with Crippen LogP contribution in [0.1, 0.15) is 64.2 Å². The fraction of sp³-hybridized carbons (Fsp3) is 0.382. The summed E-state index contributed by atoms with van der Waals surface area (Å²) in [7, 11) is 1.56. The number of amidine groups is 1. The van der Waals surface area contributed by atoms with E-state index < -0.39 is 11.6 Å². The predicted molar refractivity (Wildman–Crippen MR) is 172 cm³/mol. The van der Waals surface area contributed by atoms with Gasteiger partial charge in [-0.05, 0) is 74.7 Å². The van der Waals surface area contributed by atoms with Crippen LogP contribution in [-0.4, -0.2) is 37.2 Å². The zero-order chi connectivity index (χ0) is 31.8.